The van der Waals surface area contributed by atoms with E-state index in [2.05, 4.69) is 0 Å². The Bertz CT molecular complexity index is 348. The number of nitrogen functional groups attached to an aromatic ring is 2. The van der Waals surface area contributed by atoms with Gasteiger partial charge in [0.15, 0.2) is 5.78 Å². The third-order valence-corrected chi connectivity index (χ3v) is 1.80. The molecule has 4 N–H and O–H groups in total. The zero-order valence-corrected chi connectivity index (χ0v) is 7.63. The molecule has 0 atom stereocenters. The number of carbonyl (C=O) groups excluding carboxylic acids is 1. The van der Waals surface area contributed by atoms with E-state index in [-0.39, 0.29) is 5.78 Å². The molecule has 0 aliphatic rings. The van der Waals surface area contributed by atoms with Crippen LogP contribution in [0.25, 0.3) is 0 Å². The Balaban J connectivity index is 3.33. The fourth-order valence-corrected chi connectivity index (χ4v) is 1.06. The largest absolute Gasteiger partial charge is 0.497 e. The molecule has 1 aromatic carbocycles. The minimum absolute atomic E-state index is 0.122. The van der Waals surface area contributed by atoms with Crippen LogP contribution < -0.4 is 16.2 Å². The molecule has 0 aromatic heterocycles. The lowest BCUT2D eigenvalue weighted by Gasteiger charge is -2.08. The summed E-state index contributed by atoms with van der Waals surface area (Å²) in [5.41, 5.74) is 12.3. The molecule has 1 aromatic rings. The molecule has 13 heavy (non-hydrogen) atoms. The van der Waals surface area contributed by atoms with Crippen LogP contribution in [0.4, 0.5) is 11.4 Å². The summed E-state index contributed by atoms with van der Waals surface area (Å²) in [6.07, 6.45) is 0. The molecule has 0 bridgehead atoms. The number of hydrogen-bond donors (Lipinski definition) is 2. The number of methoxy groups -OCH3 is 1. The molecule has 4 nitrogen and oxygen atoms in total. The maximum atomic E-state index is 11.1. The summed E-state index contributed by atoms with van der Waals surface area (Å²) in [6.45, 7) is 1.44. The highest BCUT2D eigenvalue weighted by atomic mass is 16.5. The van der Waals surface area contributed by atoms with Crippen LogP contribution in [0.2, 0.25) is 0 Å². The second-order valence-corrected chi connectivity index (χ2v) is 2.73. The van der Waals surface area contributed by atoms with E-state index >= 15 is 0 Å². The van der Waals surface area contributed by atoms with Gasteiger partial charge in [-0.25, -0.2) is 0 Å². The van der Waals surface area contributed by atoms with E-state index in [9.17, 15) is 4.79 Å². The maximum Gasteiger partial charge on any atom is 0.162 e. The van der Waals surface area contributed by atoms with Crippen molar-refractivity contribution in [2.24, 2.45) is 0 Å². The Morgan fingerprint density at radius 3 is 2.46 bits per heavy atom. The molecule has 0 radical (unpaired) electrons. The van der Waals surface area contributed by atoms with Crippen LogP contribution in [-0.4, -0.2) is 12.9 Å². The van der Waals surface area contributed by atoms with Crippen LogP contribution in [0.3, 0.4) is 0 Å². The Labute approximate surface area is 76.5 Å². The van der Waals surface area contributed by atoms with Crippen LogP contribution in [-0.2, 0) is 0 Å². The first-order valence-electron chi connectivity index (χ1n) is 3.80. The number of anilines is 2. The topological polar surface area (TPSA) is 78.3 Å². The number of benzene rings is 1. The molecule has 0 unspecified atom stereocenters. The Morgan fingerprint density at radius 2 is 2.00 bits per heavy atom. The molecular weight excluding hydrogens is 168 g/mol. The molecule has 0 aliphatic heterocycles. The molecule has 0 fully saturated rings. The van der Waals surface area contributed by atoms with E-state index < -0.39 is 0 Å². The van der Waals surface area contributed by atoms with Gasteiger partial charge in [0, 0.05) is 11.6 Å². The molecule has 0 saturated carbocycles. The number of Topliss-reactive ketones (excluding diaryl/α,β-unsaturated/α-hetero) is 1. The second-order valence-electron chi connectivity index (χ2n) is 2.73. The van der Waals surface area contributed by atoms with Crippen LogP contribution in [0.1, 0.15) is 17.3 Å². The van der Waals surface area contributed by atoms with Gasteiger partial charge in [-0.15, -0.1) is 0 Å². The van der Waals surface area contributed by atoms with E-state index in [0.29, 0.717) is 22.7 Å². The molecule has 0 heterocycles. The quantitative estimate of drug-likeness (QED) is 0.527. The minimum atomic E-state index is -0.122. The van der Waals surface area contributed by atoms with E-state index in [4.69, 9.17) is 16.2 Å². The van der Waals surface area contributed by atoms with Gasteiger partial charge in [0.1, 0.15) is 5.75 Å². The number of rotatable bonds is 2. The highest BCUT2D eigenvalue weighted by Crippen LogP contribution is 2.26. The van der Waals surface area contributed by atoms with Gasteiger partial charge in [-0.1, -0.05) is 0 Å². The van der Waals surface area contributed by atoms with E-state index in [1.54, 1.807) is 12.1 Å². The van der Waals surface area contributed by atoms with Gasteiger partial charge in [-0.05, 0) is 13.0 Å². The van der Waals surface area contributed by atoms with Crippen molar-refractivity contribution in [3.63, 3.8) is 0 Å². The zero-order chi connectivity index (χ0) is 10.0. The molecule has 70 valence electrons. The predicted molar refractivity (Wildman–Crippen MR) is 51.8 cm³/mol. The van der Waals surface area contributed by atoms with Gasteiger partial charge in [0.2, 0.25) is 0 Å². The number of carbonyl (C=O) groups is 1. The average Bonchev–Trinajstić information content (AvgIpc) is 2.09. The molecule has 0 aliphatic carbocycles. The standard InChI is InChI=1S/C9H12N2O2/c1-5(12)7-3-6(13-2)4-8(10)9(7)11/h3-4H,10-11H2,1-2H3. The maximum absolute atomic E-state index is 11.1. The summed E-state index contributed by atoms with van der Waals surface area (Å²) in [6, 6.07) is 3.16. The first-order chi connectivity index (χ1) is 6.06. The summed E-state index contributed by atoms with van der Waals surface area (Å²) in [5, 5.41) is 0. The van der Waals surface area contributed by atoms with Crippen LogP contribution >= 0.6 is 0 Å². The van der Waals surface area contributed by atoms with Gasteiger partial charge < -0.3 is 16.2 Å². The van der Waals surface area contributed by atoms with Gasteiger partial charge in [-0.2, -0.15) is 0 Å². The van der Waals surface area contributed by atoms with Crippen LogP contribution in [0.15, 0.2) is 12.1 Å². The van der Waals surface area contributed by atoms with Crippen molar-refractivity contribution < 1.29 is 9.53 Å². The van der Waals surface area contributed by atoms with Crippen molar-refractivity contribution in [2.45, 2.75) is 6.92 Å². The van der Waals surface area contributed by atoms with Crippen LogP contribution in [0, 0.1) is 0 Å². The third-order valence-electron chi connectivity index (χ3n) is 1.80. The van der Waals surface area contributed by atoms with Crippen molar-refractivity contribution in [1.82, 2.24) is 0 Å². The van der Waals surface area contributed by atoms with Gasteiger partial charge >= 0.3 is 0 Å². The number of ether oxygens (including phenoxy) is 1. The fraction of sp³-hybridized carbons (Fsp3) is 0.222. The molecule has 0 spiro atoms. The summed E-state index contributed by atoms with van der Waals surface area (Å²) in [4.78, 5) is 11.1. The number of nitrogens with two attached hydrogens (primary N) is 2. The molecule has 0 saturated heterocycles. The van der Waals surface area contributed by atoms with Crippen molar-refractivity contribution in [3.8, 4) is 5.75 Å². The second kappa shape index (κ2) is 3.35. The van der Waals surface area contributed by atoms with Crippen molar-refractivity contribution in [3.05, 3.63) is 17.7 Å². The smallest absolute Gasteiger partial charge is 0.162 e. The van der Waals surface area contributed by atoms with Crippen molar-refractivity contribution in [2.75, 3.05) is 18.6 Å². The SMILES string of the molecule is COc1cc(N)c(N)c(C(C)=O)c1. The minimum Gasteiger partial charge on any atom is -0.497 e. The molecule has 1 rings (SSSR count). The number of hydrogen-bond acceptors (Lipinski definition) is 4. The normalized spacial score (nSPS) is 9.69. The molecule has 0 amide bonds. The zero-order valence-electron chi connectivity index (χ0n) is 7.63. The average molecular weight is 180 g/mol. The van der Waals surface area contributed by atoms with E-state index in [1.165, 1.54) is 14.0 Å². The molecule has 4 heteroatoms. The number of ketones is 1. The third kappa shape index (κ3) is 1.72. The van der Waals surface area contributed by atoms with Gasteiger partial charge in [-0.3, -0.25) is 4.79 Å². The summed E-state index contributed by atoms with van der Waals surface area (Å²) >= 11 is 0. The Kier molecular flexibility index (Phi) is 2.41. The summed E-state index contributed by atoms with van der Waals surface area (Å²) in [7, 11) is 1.51. The molecular formula is C9H12N2O2. The van der Waals surface area contributed by atoms with Crippen molar-refractivity contribution >= 4 is 17.2 Å². The lowest BCUT2D eigenvalue weighted by atomic mass is 10.1. The van der Waals surface area contributed by atoms with E-state index in [1.807, 2.05) is 0 Å². The highest BCUT2D eigenvalue weighted by molar-refractivity contribution is 6.02. The summed E-state index contributed by atoms with van der Waals surface area (Å²) < 4.78 is 4.95. The van der Waals surface area contributed by atoms with Gasteiger partial charge in [0.05, 0.1) is 18.5 Å². The summed E-state index contributed by atoms with van der Waals surface area (Å²) in [5.74, 6) is 0.417. The first kappa shape index (κ1) is 9.38. The van der Waals surface area contributed by atoms with Crippen LogP contribution in [0.5, 0.6) is 5.75 Å². The highest BCUT2D eigenvalue weighted by Gasteiger charge is 2.09. The van der Waals surface area contributed by atoms with Gasteiger partial charge in [0.25, 0.3) is 0 Å². The van der Waals surface area contributed by atoms with Crippen molar-refractivity contribution in [1.29, 1.82) is 0 Å². The lowest BCUT2D eigenvalue weighted by Crippen LogP contribution is -2.04. The lowest BCUT2D eigenvalue weighted by molar-refractivity contribution is 0.101. The van der Waals surface area contributed by atoms with E-state index in [0.717, 1.165) is 0 Å². The monoisotopic (exact) mass is 180 g/mol. The fourth-order valence-electron chi connectivity index (χ4n) is 1.06. The Morgan fingerprint density at radius 1 is 1.38 bits per heavy atom. The predicted octanol–water partition coefficient (Wildman–Crippen LogP) is 1.06. The first-order valence-corrected chi connectivity index (χ1v) is 3.80. The Hall–Kier alpha value is -1.71.